The van der Waals surface area contributed by atoms with Gasteiger partial charge < -0.3 is 10.2 Å². The summed E-state index contributed by atoms with van der Waals surface area (Å²) in [7, 11) is -1.14. The Morgan fingerprint density at radius 1 is 1.10 bits per heavy atom. The summed E-state index contributed by atoms with van der Waals surface area (Å²) in [5, 5.41) is 2.55. The van der Waals surface area contributed by atoms with Crippen LogP contribution >= 0.6 is 15.9 Å². The fraction of sp³-hybridized carbons (Fsp3) is 0.263. The number of rotatable bonds is 7. The first-order valence-electron chi connectivity index (χ1n) is 8.52. The Bertz CT molecular complexity index is 1010. The highest BCUT2D eigenvalue weighted by molar-refractivity contribution is 9.10. The minimum atomic E-state index is -3.91. The molecular formula is C19H21BrFN3O4S. The number of amides is 2. The highest BCUT2D eigenvalue weighted by Gasteiger charge is 2.24. The van der Waals surface area contributed by atoms with Crippen LogP contribution in [-0.2, 0) is 26.2 Å². The Kier molecular flexibility index (Phi) is 7.50. The van der Waals surface area contributed by atoms with E-state index in [1.54, 1.807) is 12.1 Å². The Morgan fingerprint density at radius 2 is 1.72 bits per heavy atom. The molecular weight excluding hydrogens is 465 g/mol. The van der Waals surface area contributed by atoms with Crippen molar-refractivity contribution < 1.29 is 22.4 Å². The molecule has 29 heavy (non-hydrogen) atoms. The van der Waals surface area contributed by atoms with Crippen LogP contribution in [0, 0.1) is 5.82 Å². The van der Waals surface area contributed by atoms with Gasteiger partial charge in [-0.2, -0.15) is 4.31 Å². The quantitative estimate of drug-likeness (QED) is 0.652. The zero-order chi connectivity index (χ0) is 21.8. The van der Waals surface area contributed by atoms with Gasteiger partial charge in [0, 0.05) is 43.3 Å². The molecule has 0 aliphatic carbocycles. The topological polar surface area (TPSA) is 86.8 Å². The number of nitrogens with zero attached hydrogens (tertiary/aromatic N) is 2. The van der Waals surface area contributed by atoms with Gasteiger partial charge in [-0.05, 0) is 42.5 Å². The number of halogens is 2. The number of sulfonamides is 1. The van der Waals surface area contributed by atoms with E-state index < -0.39 is 28.3 Å². The third-order valence-electron chi connectivity index (χ3n) is 4.08. The van der Waals surface area contributed by atoms with Gasteiger partial charge in [-0.1, -0.05) is 15.9 Å². The smallest absolute Gasteiger partial charge is 0.243 e. The van der Waals surface area contributed by atoms with E-state index in [4.69, 9.17) is 0 Å². The molecule has 156 valence electrons. The van der Waals surface area contributed by atoms with E-state index in [9.17, 15) is 22.4 Å². The molecule has 1 N–H and O–H groups in total. The summed E-state index contributed by atoms with van der Waals surface area (Å²) in [6.45, 7) is 0.950. The second-order valence-electron chi connectivity index (χ2n) is 6.45. The van der Waals surface area contributed by atoms with Crippen LogP contribution in [0.2, 0.25) is 0 Å². The number of hydrogen-bond acceptors (Lipinski definition) is 4. The molecule has 2 rings (SSSR count). The van der Waals surface area contributed by atoms with Crippen molar-refractivity contribution in [3.63, 3.8) is 0 Å². The van der Waals surface area contributed by atoms with Crippen molar-refractivity contribution in [3.05, 3.63) is 58.3 Å². The summed E-state index contributed by atoms with van der Waals surface area (Å²) >= 11 is 3.25. The third kappa shape index (κ3) is 6.09. The lowest BCUT2D eigenvalue weighted by Crippen LogP contribution is -2.39. The molecule has 0 heterocycles. The standard InChI is InChI=1S/C19H21BrFN3O4S/c1-13(25)22-16-5-7-17(8-6-16)29(27,28)24(3)12-19(26)23(2)11-14-10-15(20)4-9-18(14)21/h4-10H,11-12H2,1-3H3,(H,22,25). The van der Waals surface area contributed by atoms with E-state index in [0.29, 0.717) is 15.7 Å². The first kappa shape index (κ1) is 23.0. The summed E-state index contributed by atoms with van der Waals surface area (Å²) in [6.07, 6.45) is 0. The van der Waals surface area contributed by atoms with Crippen LogP contribution in [0.4, 0.5) is 10.1 Å². The molecule has 0 aromatic heterocycles. The van der Waals surface area contributed by atoms with E-state index in [1.807, 2.05) is 0 Å². The first-order chi connectivity index (χ1) is 13.5. The Morgan fingerprint density at radius 3 is 2.31 bits per heavy atom. The largest absolute Gasteiger partial charge is 0.340 e. The van der Waals surface area contributed by atoms with E-state index in [0.717, 1.165) is 4.31 Å². The van der Waals surface area contributed by atoms with Crippen LogP contribution in [0.15, 0.2) is 51.8 Å². The van der Waals surface area contributed by atoms with Gasteiger partial charge in [0.15, 0.2) is 0 Å². The van der Waals surface area contributed by atoms with Crippen molar-refractivity contribution >= 4 is 43.5 Å². The molecule has 7 nitrogen and oxygen atoms in total. The van der Waals surface area contributed by atoms with Crippen molar-refractivity contribution in [1.82, 2.24) is 9.21 Å². The maximum Gasteiger partial charge on any atom is 0.243 e. The molecule has 0 spiro atoms. The van der Waals surface area contributed by atoms with Gasteiger partial charge in [-0.25, -0.2) is 12.8 Å². The fourth-order valence-electron chi connectivity index (χ4n) is 2.50. The van der Waals surface area contributed by atoms with Crippen molar-refractivity contribution in [1.29, 1.82) is 0 Å². The molecule has 0 saturated carbocycles. The number of benzene rings is 2. The number of carbonyl (C=O) groups excluding carboxylic acids is 2. The average molecular weight is 486 g/mol. The van der Waals surface area contributed by atoms with Gasteiger partial charge in [0.2, 0.25) is 21.8 Å². The van der Waals surface area contributed by atoms with Crippen molar-refractivity contribution in [2.24, 2.45) is 0 Å². The van der Waals surface area contributed by atoms with E-state index in [2.05, 4.69) is 21.2 Å². The lowest BCUT2D eigenvalue weighted by molar-refractivity contribution is -0.130. The summed E-state index contributed by atoms with van der Waals surface area (Å²) in [4.78, 5) is 24.7. The molecule has 0 aliphatic heterocycles. The van der Waals surface area contributed by atoms with Gasteiger partial charge in [-0.3, -0.25) is 9.59 Å². The Balaban J connectivity index is 2.07. The number of hydrogen-bond donors (Lipinski definition) is 1. The molecule has 2 aromatic rings. The summed E-state index contributed by atoms with van der Waals surface area (Å²) in [6, 6.07) is 10.0. The van der Waals surface area contributed by atoms with Crippen molar-refractivity contribution in [2.45, 2.75) is 18.4 Å². The minimum absolute atomic E-state index is 0.00338. The normalized spacial score (nSPS) is 11.4. The Labute approximate surface area is 177 Å². The van der Waals surface area contributed by atoms with E-state index in [-0.39, 0.29) is 17.3 Å². The number of anilines is 1. The maximum atomic E-state index is 13.9. The zero-order valence-electron chi connectivity index (χ0n) is 16.1. The van der Waals surface area contributed by atoms with Crippen LogP contribution in [0.5, 0.6) is 0 Å². The molecule has 2 amide bonds. The number of nitrogens with one attached hydrogen (secondary N) is 1. The molecule has 2 aromatic carbocycles. The van der Waals surface area contributed by atoms with Gasteiger partial charge in [0.1, 0.15) is 5.82 Å². The predicted octanol–water partition coefficient (Wildman–Crippen LogP) is 2.83. The van der Waals surface area contributed by atoms with Gasteiger partial charge in [-0.15, -0.1) is 0 Å². The maximum absolute atomic E-state index is 13.9. The van der Waals surface area contributed by atoms with Crippen molar-refractivity contribution in [3.8, 4) is 0 Å². The molecule has 0 bridgehead atoms. The van der Waals surface area contributed by atoms with Crippen LogP contribution in [0.3, 0.4) is 0 Å². The Hall–Kier alpha value is -2.30. The van der Waals surface area contributed by atoms with Gasteiger partial charge in [0.05, 0.1) is 11.4 Å². The van der Waals surface area contributed by atoms with E-state index >= 15 is 0 Å². The molecule has 0 saturated heterocycles. The highest BCUT2D eigenvalue weighted by atomic mass is 79.9. The number of likely N-dealkylation sites (N-methyl/N-ethyl adjacent to an activating group) is 2. The summed E-state index contributed by atoms with van der Waals surface area (Å²) < 4.78 is 40.9. The van der Waals surface area contributed by atoms with E-state index in [1.165, 1.54) is 56.3 Å². The molecule has 0 fully saturated rings. The highest BCUT2D eigenvalue weighted by Crippen LogP contribution is 2.19. The van der Waals surface area contributed by atoms with Gasteiger partial charge in [0.25, 0.3) is 0 Å². The van der Waals surface area contributed by atoms with Crippen LogP contribution in [0.1, 0.15) is 12.5 Å². The lowest BCUT2D eigenvalue weighted by Gasteiger charge is -2.22. The number of carbonyl (C=O) groups is 2. The zero-order valence-corrected chi connectivity index (χ0v) is 18.5. The summed E-state index contributed by atoms with van der Waals surface area (Å²) in [5.74, 6) is -1.20. The molecule has 0 aliphatic rings. The van der Waals surface area contributed by atoms with Crippen LogP contribution < -0.4 is 5.32 Å². The van der Waals surface area contributed by atoms with Crippen LogP contribution in [0.25, 0.3) is 0 Å². The lowest BCUT2D eigenvalue weighted by atomic mass is 10.2. The predicted molar refractivity (Wildman–Crippen MR) is 111 cm³/mol. The SMILES string of the molecule is CC(=O)Nc1ccc(S(=O)(=O)N(C)CC(=O)N(C)Cc2cc(Br)ccc2F)cc1. The molecule has 0 radical (unpaired) electrons. The average Bonchev–Trinajstić information content (AvgIpc) is 2.64. The molecule has 10 heteroatoms. The monoisotopic (exact) mass is 485 g/mol. The first-order valence-corrected chi connectivity index (χ1v) is 10.8. The van der Waals surface area contributed by atoms with Crippen LogP contribution in [-0.4, -0.2) is 50.1 Å². The second-order valence-corrected chi connectivity index (χ2v) is 9.41. The summed E-state index contributed by atoms with van der Waals surface area (Å²) in [5.41, 5.74) is 0.778. The van der Waals surface area contributed by atoms with Crippen molar-refractivity contribution in [2.75, 3.05) is 26.0 Å². The minimum Gasteiger partial charge on any atom is -0.340 e. The third-order valence-corrected chi connectivity index (χ3v) is 6.39. The molecule has 0 unspecified atom stereocenters. The molecule has 0 atom stereocenters. The second kappa shape index (κ2) is 9.47. The fourth-order valence-corrected chi connectivity index (χ4v) is 4.03. The van der Waals surface area contributed by atoms with Gasteiger partial charge >= 0.3 is 0 Å².